The standard InChI is InChI=1S/C26H28N2O4S/c1-18-8-6-9-19(2)26(18)27-25(29)17-32-24-14-13-22(16-20(24)3)33(30,31)28-15-7-11-21-10-4-5-12-23(21)28/h4-6,8-10,12-14,16H,7,11,15,17H2,1-3H3,(H,27,29). The normalized spacial score (nSPS) is 13.4. The molecule has 0 bridgehead atoms. The molecule has 1 N–H and O–H groups in total. The van der Waals surface area contributed by atoms with Crippen molar-refractivity contribution in [2.75, 3.05) is 22.8 Å². The predicted molar refractivity (Wildman–Crippen MR) is 131 cm³/mol. The quantitative estimate of drug-likeness (QED) is 0.570. The summed E-state index contributed by atoms with van der Waals surface area (Å²) in [4.78, 5) is 12.6. The van der Waals surface area contributed by atoms with Crippen LogP contribution >= 0.6 is 0 Å². The lowest BCUT2D eigenvalue weighted by atomic mass is 10.0. The number of carbonyl (C=O) groups is 1. The maximum Gasteiger partial charge on any atom is 0.264 e. The maximum absolute atomic E-state index is 13.4. The Morgan fingerprint density at radius 2 is 1.70 bits per heavy atom. The van der Waals surface area contributed by atoms with Gasteiger partial charge in [0.1, 0.15) is 5.75 Å². The number of carbonyl (C=O) groups excluding carboxylic acids is 1. The molecule has 6 nitrogen and oxygen atoms in total. The lowest BCUT2D eigenvalue weighted by Crippen LogP contribution is -2.35. The highest BCUT2D eigenvalue weighted by Gasteiger charge is 2.29. The number of ether oxygens (including phenoxy) is 1. The number of nitrogens with zero attached hydrogens (tertiary/aromatic N) is 1. The predicted octanol–water partition coefficient (Wildman–Crippen LogP) is 4.77. The van der Waals surface area contributed by atoms with E-state index in [1.165, 1.54) is 10.4 Å². The average Bonchev–Trinajstić information content (AvgIpc) is 2.80. The molecule has 33 heavy (non-hydrogen) atoms. The Bertz CT molecular complexity index is 1280. The number of benzene rings is 3. The van der Waals surface area contributed by atoms with Crippen LogP contribution in [0.3, 0.4) is 0 Å². The van der Waals surface area contributed by atoms with E-state index in [1.54, 1.807) is 19.1 Å². The smallest absolute Gasteiger partial charge is 0.264 e. The Hall–Kier alpha value is -3.32. The molecule has 0 aliphatic carbocycles. The zero-order valence-electron chi connectivity index (χ0n) is 19.1. The van der Waals surface area contributed by atoms with E-state index in [9.17, 15) is 13.2 Å². The van der Waals surface area contributed by atoms with E-state index in [4.69, 9.17) is 4.74 Å². The summed E-state index contributed by atoms with van der Waals surface area (Å²) in [7, 11) is -3.70. The number of nitrogens with one attached hydrogen (secondary N) is 1. The summed E-state index contributed by atoms with van der Waals surface area (Å²) in [6.45, 7) is 5.94. The van der Waals surface area contributed by atoms with Gasteiger partial charge in [-0.25, -0.2) is 8.42 Å². The number of hydrogen-bond donors (Lipinski definition) is 1. The summed E-state index contributed by atoms with van der Waals surface area (Å²) in [5.41, 5.74) is 5.18. The number of para-hydroxylation sites is 2. The molecule has 172 valence electrons. The fourth-order valence-electron chi connectivity index (χ4n) is 4.15. The molecule has 0 unspecified atom stereocenters. The van der Waals surface area contributed by atoms with Crippen LogP contribution < -0.4 is 14.4 Å². The average molecular weight is 465 g/mol. The summed E-state index contributed by atoms with van der Waals surface area (Å²) in [5, 5.41) is 2.89. The Balaban J connectivity index is 1.48. The van der Waals surface area contributed by atoms with Gasteiger partial charge in [0.15, 0.2) is 6.61 Å². The van der Waals surface area contributed by atoms with Crippen molar-refractivity contribution in [2.45, 2.75) is 38.5 Å². The molecule has 0 aromatic heterocycles. The lowest BCUT2D eigenvalue weighted by molar-refractivity contribution is -0.118. The van der Waals surface area contributed by atoms with Crippen molar-refractivity contribution in [1.29, 1.82) is 0 Å². The van der Waals surface area contributed by atoms with Gasteiger partial charge in [-0.15, -0.1) is 0 Å². The lowest BCUT2D eigenvalue weighted by Gasteiger charge is -2.30. The minimum atomic E-state index is -3.70. The Kier molecular flexibility index (Phi) is 6.42. The number of aryl methyl sites for hydroxylation is 4. The number of rotatable bonds is 6. The minimum absolute atomic E-state index is 0.166. The SMILES string of the molecule is Cc1cc(S(=O)(=O)N2CCCc3ccccc32)ccc1OCC(=O)Nc1c(C)cccc1C. The number of sulfonamides is 1. The van der Waals surface area contributed by atoms with E-state index in [1.807, 2.05) is 56.3 Å². The van der Waals surface area contributed by atoms with Gasteiger partial charge in [-0.1, -0.05) is 36.4 Å². The van der Waals surface area contributed by atoms with Crippen molar-refractivity contribution in [3.63, 3.8) is 0 Å². The van der Waals surface area contributed by atoms with Crippen LogP contribution in [0.5, 0.6) is 5.75 Å². The van der Waals surface area contributed by atoms with Gasteiger partial charge in [-0.3, -0.25) is 9.10 Å². The van der Waals surface area contributed by atoms with E-state index in [2.05, 4.69) is 5.32 Å². The number of hydrogen-bond acceptors (Lipinski definition) is 4. The highest BCUT2D eigenvalue weighted by atomic mass is 32.2. The summed E-state index contributed by atoms with van der Waals surface area (Å²) >= 11 is 0. The van der Waals surface area contributed by atoms with Crippen LogP contribution in [0.15, 0.2) is 65.6 Å². The van der Waals surface area contributed by atoms with Crippen molar-refractivity contribution < 1.29 is 17.9 Å². The fraction of sp³-hybridized carbons (Fsp3) is 0.269. The van der Waals surface area contributed by atoms with Crippen LogP contribution in [0, 0.1) is 20.8 Å². The summed E-state index contributed by atoms with van der Waals surface area (Å²) in [6, 6.07) is 18.2. The molecule has 0 saturated heterocycles. The van der Waals surface area contributed by atoms with Gasteiger partial charge in [0, 0.05) is 12.2 Å². The molecule has 0 spiro atoms. The summed E-state index contributed by atoms with van der Waals surface area (Å²) in [5.74, 6) is 0.207. The highest BCUT2D eigenvalue weighted by Crippen LogP contribution is 2.33. The van der Waals surface area contributed by atoms with Crippen LogP contribution in [0.1, 0.15) is 28.7 Å². The van der Waals surface area contributed by atoms with Crippen molar-refractivity contribution in [3.05, 3.63) is 82.9 Å². The molecule has 3 aromatic carbocycles. The first-order valence-electron chi connectivity index (χ1n) is 11.0. The molecule has 0 radical (unpaired) electrons. The second kappa shape index (κ2) is 9.27. The van der Waals surface area contributed by atoms with Crippen LogP contribution in [-0.4, -0.2) is 27.5 Å². The number of amides is 1. The van der Waals surface area contributed by atoms with Crippen LogP contribution in [0.2, 0.25) is 0 Å². The Labute approximate surface area is 195 Å². The fourth-order valence-corrected chi connectivity index (χ4v) is 5.78. The molecular weight excluding hydrogens is 436 g/mol. The zero-order valence-corrected chi connectivity index (χ0v) is 19.9. The second-order valence-electron chi connectivity index (χ2n) is 8.34. The third kappa shape index (κ3) is 4.73. The number of anilines is 2. The molecule has 0 fully saturated rings. The summed E-state index contributed by atoms with van der Waals surface area (Å²) in [6.07, 6.45) is 1.66. The Morgan fingerprint density at radius 1 is 0.970 bits per heavy atom. The third-order valence-corrected chi connectivity index (χ3v) is 7.72. The van der Waals surface area contributed by atoms with E-state index in [-0.39, 0.29) is 17.4 Å². The van der Waals surface area contributed by atoms with Gasteiger partial charge in [0.25, 0.3) is 15.9 Å². The monoisotopic (exact) mass is 464 g/mol. The molecule has 1 amide bonds. The molecule has 3 aromatic rings. The highest BCUT2D eigenvalue weighted by molar-refractivity contribution is 7.92. The Morgan fingerprint density at radius 3 is 2.42 bits per heavy atom. The molecule has 1 heterocycles. The van der Waals surface area contributed by atoms with Crippen molar-refractivity contribution in [2.24, 2.45) is 0 Å². The summed E-state index contributed by atoms with van der Waals surface area (Å²) < 4.78 is 33.9. The minimum Gasteiger partial charge on any atom is -0.483 e. The van der Waals surface area contributed by atoms with Crippen LogP contribution in [0.4, 0.5) is 11.4 Å². The zero-order chi connectivity index (χ0) is 23.6. The van der Waals surface area contributed by atoms with Crippen molar-refractivity contribution >= 4 is 27.3 Å². The first-order valence-corrected chi connectivity index (χ1v) is 12.4. The van der Waals surface area contributed by atoms with Gasteiger partial charge in [0.2, 0.25) is 0 Å². The topological polar surface area (TPSA) is 75.7 Å². The van der Waals surface area contributed by atoms with Gasteiger partial charge < -0.3 is 10.1 Å². The third-order valence-electron chi connectivity index (χ3n) is 5.91. The molecule has 1 aliphatic heterocycles. The maximum atomic E-state index is 13.4. The van der Waals surface area contributed by atoms with E-state index < -0.39 is 10.0 Å². The molecule has 7 heteroatoms. The largest absolute Gasteiger partial charge is 0.483 e. The first kappa shape index (κ1) is 22.9. The second-order valence-corrected chi connectivity index (χ2v) is 10.2. The molecule has 0 atom stereocenters. The molecule has 4 rings (SSSR count). The van der Waals surface area contributed by atoms with E-state index in [0.29, 0.717) is 17.9 Å². The molecule has 0 saturated carbocycles. The van der Waals surface area contributed by atoms with Gasteiger partial charge >= 0.3 is 0 Å². The van der Waals surface area contributed by atoms with Crippen molar-refractivity contribution in [1.82, 2.24) is 0 Å². The van der Waals surface area contributed by atoms with Crippen LogP contribution in [0.25, 0.3) is 0 Å². The first-order chi connectivity index (χ1) is 15.8. The van der Waals surface area contributed by atoms with Crippen molar-refractivity contribution in [3.8, 4) is 5.75 Å². The van der Waals surface area contributed by atoms with Gasteiger partial charge in [0.05, 0.1) is 10.6 Å². The van der Waals surface area contributed by atoms with Gasteiger partial charge in [-0.05, 0) is 80.1 Å². The number of fused-ring (bicyclic) bond motifs is 1. The molecule has 1 aliphatic rings. The van der Waals surface area contributed by atoms with E-state index in [0.717, 1.165) is 40.9 Å². The van der Waals surface area contributed by atoms with Gasteiger partial charge in [-0.2, -0.15) is 0 Å². The van der Waals surface area contributed by atoms with E-state index >= 15 is 0 Å². The van der Waals surface area contributed by atoms with Crippen LogP contribution in [-0.2, 0) is 21.2 Å². The molecular formula is C26H28N2O4S.